The summed E-state index contributed by atoms with van der Waals surface area (Å²) < 4.78 is 17.2. The molecule has 0 aromatic rings. The SMILES string of the molecule is C[C@@H]1O[C@H](O[C@@H]2CC[C@]3(C#N)[C@H]4CC[C@]5(C)[C@H](C6=CC(=O)OC6)CC[C@]5(O)[C@@H]4CC[C@]3(O)C2)C[C@@H](O)[C@H]1O. The first kappa shape index (κ1) is 26.7. The first-order chi connectivity index (χ1) is 18.0. The van der Waals surface area contributed by atoms with Gasteiger partial charge in [0.15, 0.2) is 6.29 Å². The molecule has 9 nitrogen and oxygen atoms in total. The Morgan fingerprint density at radius 1 is 1.08 bits per heavy atom. The number of nitriles is 1. The van der Waals surface area contributed by atoms with Gasteiger partial charge in [-0.15, -0.1) is 0 Å². The van der Waals surface area contributed by atoms with E-state index in [2.05, 4.69) is 13.0 Å². The minimum atomic E-state index is -1.24. The average Bonchev–Trinajstić information content (AvgIpc) is 3.41. The van der Waals surface area contributed by atoms with Gasteiger partial charge in [0, 0.05) is 24.3 Å². The fraction of sp³-hybridized carbons (Fsp3) is 0.862. The maximum Gasteiger partial charge on any atom is 0.331 e. The predicted molar refractivity (Wildman–Crippen MR) is 133 cm³/mol. The number of carbonyl (C=O) groups is 1. The molecule has 38 heavy (non-hydrogen) atoms. The molecule has 210 valence electrons. The molecule has 0 amide bonds. The molecular weight excluding hydrogens is 490 g/mol. The zero-order chi connectivity index (χ0) is 27.1. The van der Waals surface area contributed by atoms with E-state index in [1.54, 1.807) is 13.0 Å². The van der Waals surface area contributed by atoms with Crippen LogP contribution >= 0.6 is 0 Å². The summed E-state index contributed by atoms with van der Waals surface area (Å²) in [6, 6.07) is 2.59. The van der Waals surface area contributed by atoms with Crippen LogP contribution in [0.5, 0.6) is 0 Å². The lowest BCUT2D eigenvalue weighted by atomic mass is 9.41. The van der Waals surface area contributed by atoms with Crippen LogP contribution in [-0.4, -0.2) is 74.9 Å². The van der Waals surface area contributed by atoms with Crippen LogP contribution in [0.1, 0.15) is 78.1 Å². The van der Waals surface area contributed by atoms with E-state index in [4.69, 9.17) is 14.2 Å². The largest absolute Gasteiger partial charge is 0.458 e. The van der Waals surface area contributed by atoms with Crippen LogP contribution in [0.2, 0.25) is 0 Å². The van der Waals surface area contributed by atoms with Crippen molar-refractivity contribution in [3.63, 3.8) is 0 Å². The van der Waals surface area contributed by atoms with Gasteiger partial charge in [-0.3, -0.25) is 0 Å². The zero-order valence-corrected chi connectivity index (χ0v) is 22.3. The summed E-state index contributed by atoms with van der Waals surface area (Å²) in [6.07, 6.45) is 3.63. The molecule has 6 aliphatic rings. The van der Waals surface area contributed by atoms with Gasteiger partial charge in [0.1, 0.15) is 12.7 Å². The maximum atomic E-state index is 12.4. The van der Waals surface area contributed by atoms with E-state index in [0.29, 0.717) is 45.1 Å². The van der Waals surface area contributed by atoms with E-state index in [9.17, 15) is 30.5 Å². The number of carbonyl (C=O) groups excluding carboxylic acids is 1. The Bertz CT molecular complexity index is 1050. The van der Waals surface area contributed by atoms with E-state index < -0.39 is 46.6 Å². The molecule has 4 N–H and O–H groups in total. The molecule has 5 fully saturated rings. The molecule has 6 rings (SSSR count). The molecule has 2 heterocycles. The van der Waals surface area contributed by atoms with E-state index >= 15 is 0 Å². The molecule has 0 radical (unpaired) electrons. The van der Waals surface area contributed by atoms with E-state index in [1.165, 1.54) is 0 Å². The second-order valence-corrected chi connectivity index (χ2v) is 13.2. The van der Waals surface area contributed by atoms with Gasteiger partial charge in [-0.25, -0.2) is 4.79 Å². The topological polar surface area (TPSA) is 149 Å². The van der Waals surface area contributed by atoms with Gasteiger partial charge >= 0.3 is 5.97 Å². The number of aliphatic hydroxyl groups excluding tert-OH is 2. The van der Waals surface area contributed by atoms with Crippen LogP contribution in [0.25, 0.3) is 0 Å². The average molecular weight is 532 g/mol. The highest BCUT2D eigenvalue weighted by Crippen LogP contribution is 2.70. The number of ether oxygens (including phenoxy) is 3. The van der Waals surface area contributed by atoms with E-state index in [1.807, 2.05) is 0 Å². The molecule has 1 saturated heterocycles. The minimum absolute atomic E-state index is 0.0784. The highest BCUT2D eigenvalue weighted by molar-refractivity contribution is 5.85. The Hall–Kier alpha value is -1.54. The standard InChI is InChI=1S/C29H41NO8/c1-16-25(33)22(31)12-24(37-16)38-18-3-8-27(15-30)20-4-7-26(2)19(17-11-23(32)36-14-17)6-10-29(26,35)21(20)5-9-28(27,34)13-18/h11,16,18-22,24-25,31,33-35H,3-10,12-14H2,1-2H3/t16-,18+,19-,20-,21+,22+,24+,25-,26+,27-,28-,29-/m0/s1. The number of hydrogen-bond donors (Lipinski definition) is 4. The molecule has 0 aromatic heterocycles. The van der Waals surface area contributed by atoms with Crippen LogP contribution in [-0.2, 0) is 19.0 Å². The fourth-order valence-electron chi connectivity index (χ4n) is 9.69. The van der Waals surface area contributed by atoms with Gasteiger partial charge in [0.25, 0.3) is 0 Å². The second-order valence-electron chi connectivity index (χ2n) is 13.2. The minimum Gasteiger partial charge on any atom is -0.458 e. The van der Waals surface area contributed by atoms with Gasteiger partial charge in [-0.2, -0.15) is 5.26 Å². The Morgan fingerprint density at radius 3 is 2.53 bits per heavy atom. The predicted octanol–water partition coefficient (Wildman–Crippen LogP) is 2.10. The van der Waals surface area contributed by atoms with Crippen molar-refractivity contribution in [2.75, 3.05) is 6.61 Å². The Labute approximate surface area is 223 Å². The lowest BCUT2D eigenvalue weighted by Gasteiger charge is -2.64. The van der Waals surface area contributed by atoms with Crippen molar-refractivity contribution in [1.29, 1.82) is 5.26 Å². The molecule has 12 atom stereocenters. The monoisotopic (exact) mass is 531 g/mol. The molecule has 0 unspecified atom stereocenters. The van der Waals surface area contributed by atoms with Crippen molar-refractivity contribution in [2.45, 2.75) is 120 Å². The third kappa shape index (κ3) is 3.60. The van der Waals surface area contributed by atoms with Crippen molar-refractivity contribution in [1.82, 2.24) is 0 Å². The van der Waals surface area contributed by atoms with E-state index in [-0.39, 0.29) is 36.2 Å². The molecule has 9 heteroatoms. The van der Waals surface area contributed by atoms with Gasteiger partial charge in [0.2, 0.25) is 0 Å². The van der Waals surface area contributed by atoms with E-state index in [0.717, 1.165) is 24.8 Å². The number of cyclic esters (lactones) is 1. The number of fused-ring (bicyclic) bond motifs is 5. The van der Waals surface area contributed by atoms with Crippen molar-refractivity contribution in [3.05, 3.63) is 11.6 Å². The summed E-state index contributed by atoms with van der Waals surface area (Å²) >= 11 is 0. The van der Waals surface area contributed by atoms with Crippen molar-refractivity contribution >= 4 is 5.97 Å². The summed E-state index contributed by atoms with van der Waals surface area (Å²) in [4.78, 5) is 11.8. The van der Waals surface area contributed by atoms with Gasteiger partial charge < -0.3 is 34.6 Å². The van der Waals surface area contributed by atoms with Crippen LogP contribution in [0.3, 0.4) is 0 Å². The number of aliphatic hydroxyl groups is 4. The summed E-state index contributed by atoms with van der Waals surface area (Å²) in [6.45, 7) is 4.14. The van der Waals surface area contributed by atoms with Crippen molar-refractivity contribution in [3.8, 4) is 6.07 Å². The molecular formula is C29H41NO8. The van der Waals surface area contributed by atoms with Crippen LogP contribution in [0.15, 0.2) is 11.6 Å². The van der Waals surface area contributed by atoms with Gasteiger partial charge in [-0.05, 0) is 81.6 Å². The molecule has 0 aromatic carbocycles. The Balaban J connectivity index is 1.22. The lowest BCUT2D eigenvalue weighted by Crippen LogP contribution is -2.68. The Kier molecular flexibility index (Phi) is 6.31. The van der Waals surface area contributed by atoms with Crippen LogP contribution in [0, 0.1) is 39.9 Å². The first-order valence-electron chi connectivity index (χ1n) is 14.4. The summed E-state index contributed by atoms with van der Waals surface area (Å²) in [5.74, 6) is -0.449. The zero-order valence-electron chi connectivity index (χ0n) is 22.3. The molecule has 0 bridgehead atoms. The number of rotatable bonds is 3. The second kappa shape index (κ2) is 8.98. The number of hydrogen-bond acceptors (Lipinski definition) is 9. The van der Waals surface area contributed by atoms with Crippen molar-refractivity contribution in [2.24, 2.45) is 28.6 Å². The highest BCUT2D eigenvalue weighted by Gasteiger charge is 2.72. The Morgan fingerprint density at radius 2 is 1.84 bits per heavy atom. The summed E-state index contributed by atoms with van der Waals surface area (Å²) in [5.41, 5.74) is -2.59. The number of nitrogens with zero attached hydrogens (tertiary/aromatic N) is 1. The summed E-state index contributed by atoms with van der Waals surface area (Å²) in [7, 11) is 0. The highest BCUT2D eigenvalue weighted by atomic mass is 16.7. The summed E-state index contributed by atoms with van der Waals surface area (Å²) in [5, 5.41) is 55.2. The molecule has 4 saturated carbocycles. The quantitative estimate of drug-likeness (QED) is 0.317. The molecule has 2 aliphatic heterocycles. The third-order valence-corrected chi connectivity index (χ3v) is 11.8. The first-order valence-corrected chi connectivity index (χ1v) is 14.4. The van der Waals surface area contributed by atoms with Gasteiger partial charge in [-0.1, -0.05) is 6.92 Å². The third-order valence-electron chi connectivity index (χ3n) is 11.8. The van der Waals surface area contributed by atoms with Crippen LogP contribution in [0.4, 0.5) is 0 Å². The maximum absolute atomic E-state index is 12.4. The molecule has 4 aliphatic carbocycles. The van der Waals surface area contributed by atoms with Gasteiger partial charge in [0.05, 0.1) is 41.0 Å². The normalized spacial score (nSPS) is 54.2. The fourth-order valence-corrected chi connectivity index (χ4v) is 9.69. The van der Waals surface area contributed by atoms with Crippen molar-refractivity contribution < 1.29 is 39.4 Å². The number of esters is 1. The smallest absolute Gasteiger partial charge is 0.331 e. The van der Waals surface area contributed by atoms with Crippen LogP contribution < -0.4 is 0 Å². The lowest BCUT2D eigenvalue weighted by molar-refractivity contribution is -0.284. The molecule has 0 spiro atoms.